The van der Waals surface area contributed by atoms with Gasteiger partial charge in [-0.1, -0.05) is 11.8 Å². The van der Waals surface area contributed by atoms with E-state index in [2.05, 4.69) is 11.8 Å². The molecule has 0 unspecified atom stereocenters. The molecule has 1 amide bonds. The summed E-state index contributed by atoms with van der Waals surface area (Å²) >= 11 is 0. The van der Waals surface area contributed by atoms with E-state index in [0.29, 0.717) is 18.0 Å². The van der Waals surface area contributed by atoms with Gasteiger partial charge in [-0.05, 0) is 88.6 Å². The molecule has 0 atom stereocenters. The zero-order valence-corrected chi connectivity index (χ0v) is 17.2. The molecule has 2 aromatic rings. The fraction of sp³-hybridized carbons (Fsp3) is 0.375. The van der Waals surface area contributed by atoms with Crippen LogP contribution in [0.2, 0.25) is 0 Å². The largest absolute Gasteiger partial charge is 0.494 e. The third-order valence-electron chi connectivity index (χ3n) is 4.25. The van der Waals surface area contributed by atoms with Crippen molar-refractivity contribution >= 4 is 11.8 Å². The van der Waals surface area contributed by atoms with E-state index in [1.165, 1.54) is 17.0 Å². The Morgan fingerprint density at radius 1 is 1.03 bits per heavy atom. The number of hydrogen-bond acceptors (Lipinski definition) is 2. The first-order valence-electron chi connectivity index (χ1n) is 9.78. The highest BCUT2D eigenvalue weighted by Crippen LogP contribution is 2.24. The minimum absolute atomic E-state index is 0.265. The van der Waals surface area contributed by atoms with Gasteiger partial charge in [-0.15, -0.1) is 0 Å². The summed E-state index contributed by atoms with van der Waals surface area (Å²) in [5, 5.41) is 9.44. The number of carboxylic acid groups (broad SMARTS) is 1. The van der Waals surface area contributed by atoms with Crippen LogP contribution in [-0.2, 0) is 0 Å². The Kier molecular flexibility index (Phi) is 8.09. The van der Waals surface area contributed by atoms with Crippen molar-refractivity contribution in [1.29, 1.82) is 0 Å². The van der Waals surface area contributed by atoms with Crippen LogP contribution >= 0.6 is 0 Å². The molecule has 0 aliphatic heterocycles. The van der Waals surface area contributed by atoms with Crippen molar-refractivity contribution in [1.82, 2.24) is 0 Å². The van der Waals surface area contributed by atoms with Gasteiger partial charge in [-0.25, -0.2) is 9.18 Å². The third-order valence-corrected chi connectivity index (χ3v) is 4.25. The Balaban J connectivity index is 1.72. The van der Waals surface area contributed by atoms with Crippen molar-refractivity contribution in [2.24, 2.45) is 0 Å². The Morgan fingerprint density at radius 3 is 2.28 bits per heavy atom. The van der Waals surface area contributed by atoms with E-state index < -0.39 is 11.6 Å². The Bertz CT molecular complexity index is 843. The molecule has 2 rings (SSSR count). The van der Waals surface area contributed by atoms with Crippen molar-refractivity contribution in [2.45, 2.75) is 52.0 Å². The molecule has 0 aliphatic carbocycles. The van der Waals surface area contributed by atoms with Gasteiger partial charge in [-0.2, -0.15) is 0 Å². The van der Waals surface area contributed by atoms with E-state index in [1.807, 2.05) is 32.9 Å². The van der Waals surface area contributed by atoms with Crippen LogP contribution in [0.5, 0.6) is 5.75 Å². The molecule has 4 nitrogen and oxygen atoms in total. The average Bonchev–Trinajstić information content (AvgIpc) is 2.65. The molecule has 29 heavy (non-hydrogen) atoms. The van der Waals surface area contributed by atoms with E-state index in [4.69, 9.17) is 4.74 Å². The first-order valence-corrected chi connectivity index (χ1v) is 9.78. The summed E-state index contributed by atoms with van der Waals surface area (Å²) in [5.74, 6) is 6.69. The number of anilines is 1. The maximum Gasteiger partial charge on any atom is 0.412 e. The molecular formula is C24H28FNO3. The number of benzene rings is 2. The Labute approximate surface area is 172 Å². The van der Waals surface area contributed by atoms with E-state index in [-0.39, 0.29) is 5.82 Å². The van der Waals surface area contributed by atoms with Crippen LogP contribution in [0.15, 0.2) is 48.5 Å². The van der Waals surface area contributed by atoms with Gasteiger partial charge < -0.3 is 9.84 Å². The topological polar surface area (TPSA) is 49.8 Å². The molecule has 154 valence electrons. The minimum atomic E-state index is -0.972. The molecule has 0 fully saturated rings. The number of rotatable bonds is 7. The zero-order chi connectivity index (χ0) is 21.3. The van der Waals surface area contributed by atoms with Crippen LogP contribution in [0.25, 0.3) is 0 Å². The van der Waals surface area contributed by atoms with Crippen LogP contribution in [0.1, 0.15) is 52.0 Å². The van der Waals surface area contributed by atoms with Crippen LogP contribution < -0.4 is 9.64 Å². The fourth-order valence-electron chi connectivity index (χ4n) is 2.86. The molecule has 0 bridgehead atoms. The maximum absolute atomic E-state index is 12.8. The number of hydrogen-bond donors (Lipinski definition) is 1. The lowest BCUT2D eigenvalue weighted by Crippen LogP contribution is -2.45. The first-order chi connectivity index (χ1) is 13.8. The van der Waals surface area contributed by atoms with Gasteiger partial charge in [0.15, 0.2) is 0 Å². The minimum Gasteiger partial charge on any atom is -0.494 e. The summed E-state index contributed by atoms with van der Waals surface area (Å²) in [5.41, 5.74) is 0.990. The highest BCUT2D eigenvalue weighted by molar-refractivity contribution is 5.87. The molecular weight excluding hydrogens is 369 g/mol. The SMILES string of the molecule is CC(C)(C)N(C(=O)O)c1ccc(C#CCCCCCOc2ccc(F)cc2)cc1. The molecule has 0 saturated heterocycles. The lowest BCUT2D eigenvalue weighted by molar-refractivity contribution is 0.195. The number of unbranched alkanes of at least 4 members (excludes halogenated alkanes) is 3. The van der Waals surface area contributed by atoms with Gasteiger partial charge in [0.2, 0.25) is 0 Å². The first kappa shape index (κ1) is 22.3. The average molecular weight is 397 g/mol. The summed E-state index contributed by atoms with van der Waals surface area (Å²) in [6.45, 7) is 6.19. The highest BCUT2D eigenvalue weighted by atomic mass is 19.1. The van der Waals surface area contributed by atoms with E-state index in [0.717, 1.165) is 31.2 Å². The standard InChI is InChI=1S/C24H28FNO3/c1-24(2,3)26(23(27)28)21-14-10-19(11-15-21)9-7-5-4-6-8-18-29-22-16-12-20(25)13-17-22/h10-17H,4-6,8,18H2,1-3H3,(H,27,28). The van der Waals surface area contributed by atoms with Gasteiger partial charge in [0, 0.05) is 23.2 Å². The fourth-order valence-corrected chi connectivity index (χ4v) is 2.86. The van der Waals surface area contributed by atoms with Crippen LogP contribution in [0.4, 0.5) is 14.9 Å². The molecule has 1 N–H and O–H groups in total. The van der Waals surface area contributed by atoms with Crippen molar-refractivity contribution in [3.63, 3.8) is 0 Å². The van der Waals surface area contributed by atoms with Crippen LogP contribution in [0, 0.1) is 17.7 Å². The third kappa shape index (κ3) is 7.50. The zero-order valence-electron chi connectivity index (χ0n) is 17.2. The Hall–Kier alpha value is -3.00. The summed E-state index contributed by atoms with van der Waals surface area (Å²) in [6.07, 6.45) is 2.73. The van der Waals surface area contributed by atoms with Gasteiger partial charge >= 0.3 is 6.09 Å². The molecule has 0 saturated carbocycles. The second-order valence-corrected chi connectivity index (χ2v) is 7.75. The molecule has 0 aromatic heterocycles. The van der Waals surface area contributed by atoms with Gasteiger partial charge in [-0.3, -0.25) is 4.90 Å². The smallest absolute Gasteiger partial charge is 0.412 e. The molecule has 0 radical (unpaired) electrons. The second-order valence-electron chi connectivity index (χ2n) is 7.75. The number of ether oxygens (including phenoxy) is 1. The predicted octanol–water partition coefficient (Wildman–Crippen LogP) is 6.10. The number of nitrogens with zero attached hydrogens (tertiary/aromatic N) is 1. The van der Waals surface area contributed by atoms with Gasteiger partial charge in [0.25, 0.3) is 0 Å². The molecule has 0 spiro atoms. The van der Waals surface area contributed by atoms with Crippen molar-refractivity contribution < 1.29 is 19.0 Å². The highest BCUT2D eigenvalue weighted by Gasteiger charge is 2.27. The van der Waals surface area contributed by atoms with E-state index >= 15 is 0 Å². The summed E-state index contributed by atoms with van der Waals surface area (Å²) in [4.78, 5) is 12.9. The Morgan fingerprint density at radius 2 is 1.69 bits per heavy atom. The second kappa shape index (κ2) is 10.5. The lowest BCUT2D eigenvalue weighted by Gasteiger charge is -2.33. The van der Waals surface area contributed by atoms with E-state index in [1.54, 1.807) is 24.3 Å². The summed E-state index contributed by atoms with van der Waals surface area (Å²) < 4.78 is 18.4. The maximum atomic E-state index is 12.8. The number of carbonyl (C=O) groups is 1. The van der Waals surface area contributed by atoms with Crippen LogP contribution in [0.3, 0.4) is 0 Å². The van der Waals surface area contributed by atoms with Crippen LogP contribution in [-0.4, -0.2) is 23.3 Å². The van der Waals surface area contributed by atoms with Gasteiger partial charge in [0.1, 0.15) is 11.6 Å². The molecule has 5 heteroatoms. The lowest BCUT2D eigenvalue weighted by atomic mass is 10.0. The van der Waals surface area contributed by atoms with Crippen molar-refractivity contribution in [3.8, 4) is 17.6 Å². The molecule has 0 aliphatic rings. The molecule has 0 heterocycles. The summed E-state index contributed by atoms with van der Waals surface area (Å²) in [6, 6.07) is 13.3. The van der Waals surface area contributed by atoms with Crippen molar-refractivity contribution in [2.75, 3.05) is 11.5 Å². The predicted molar refractivity (Wildman–Crippen MR) is 114 cm³/mol. The monoisotopic (exact) mass is 397 g/mol. The number of halogens is 1. The number of amides is 1. The normalized spacial score (nSPS) is 10.8. The summed E-state index contributed by atoms with van der Waals surface area (Å²) in [7, 11) is 0. The molecule has 2 aromatic carbocycles. The van der Waals surface area contributed by atoms with E-state index in [9.17, 15) is 14.3 Å². The van der Waals surface area contributed by atoms with Gasteiger partial charge in [0.05, 0.1) is 6.61 Å². The quantitative estimate of drug-likeness (QED) is 0.454. The van der Waals surface area contributed by atoms with Crippen molar-refractivity contribution in [3.05, 3.63) is 59.9 Å².